The molecule has 0 aromatic heterocycles. The highest BCUT2D eigenvalue weighted by Crippen LogP contribution is 2.18. The van der Waals surface area contributed by atoms with E-state index in [1.165, 1.54) is 12.1 Å². The van der Waals surface area contributed by atoms with Crippen LogP contribution in [0.1, 0.15) is 11.7 Å². The smallest absolute Gasteiger partial charge is 0.337 e. The van der Waals surface area contributed by atoms with Crippen molar-refractivity contribution in [1.29, 1.82) is 0 Å². The summed E-state index contributed by atoms with van der Waals surface area (Å²) in [6.45, 7) is 0. The second-order valence-corrected chi connectivity index (χ2v) is 3.08. The minimum absolute atomic E-state index is 0.405. The average molecular weight is 211 g/mol. The van der Waals surface area contributed by atoms with Crippen LogP contribution in [-0.4, -0.2) is 29.4 Å². The number of esters is 1. The van der Waals surface area contributed by atoms with Gasteiger partial charge < -0.3 is 20.7 Å². The van der Waals surface area contributed by atoms with Crippen LogP contribution in [-0.2, 0) is 9.53 Å². The fourth-order valence-corrected chi connectivity index (χ4v) is 1.13. The van der Waals surface area contributed by atoms with Crippen LogP contribution >= 0.6 is 0 Å². The molecule has 0 saturated heterocycles. The normalized spacial score (nSPS) is 14.3. The number of aliphatic hydroxyl groups excluding tert-OH is 2. The molecule has 0 aliphatic heterocycles. The van der Waals surface area contributed by atoms with Crippen LogP contribution in [0.15, 0.2) is 24.3 Å². The summed E-state index contributed by atoms with van der Waals surface area (Å²) >= 11 is 0. The number of ether oxygens (including phenoxy) is 1. The monoisotopic (exact) mass is 211 g/mol. The molecule has 2 atom stereocenters. The number of methoxy groups -OCH3 is 1. The summed E-state index contributed by atoms with van der Waals surface area (Å²) in [6.07, 6.45) is -2.89. The van der Waals surface area contributed by atoms with Gasteiger partial charge in [-0.1, -0.05) is 12.1 Å². The van der Waals surface area contributed by atoms with Crippen LogP contribution < -0.4 is 5.73 Å². The maximum atomic E-state index is 10.9. The Morgan fingerprint density at radius 2 is 1.87 bits per heavy atom. The van der Waals surface area contributed by atoms with E-state index in [0.29, 0.717) is 11.3 Å². The molecule has 0 amide bonds. The first-order chi connectivity index (χ1) is 7.06. The standard InChI is InChI=1S/C10H13NO4/c1-15-10(14)9(13)8(12)6-2-4-7(11)5-3-6/h2-5,8-9,12-13H,11H2,1H3. The molecular weight excluding hydrogens is 198 g/mol. The Kier molecular flexibility index (Phi) is 3.65. The van der Waals surface area contributed by atoms with E-state index in [9.17, 15) is 15.0 Å². The molecule has 0 radical (unpaired) electrons. The summed E-state index contributed by atoms with van der Waals surface area (Å²) < 4.78 is 4.30. The summed E-state index contributed by atoms with van der Waals surface area (Å²) in [5, 5.41) is 18.9. The number of nitrogen functional groups attached to an aromatic ring is 1. The molecule has 1 aromatic carbocycles. The van der Waals surface area contributed by atoms with Crippen molar-refractivity contribution in [3.63, 3.8) is 0 Å². The number of hydrogen-bond acceptors (Lipinski definition) is 5. The lowest BCUT2D eigenvalue weighted by Gasteiger charge is -2.15. The van der Waals surface area contributed by atoms with Gasteiger partial charge in [-0.25, -0.2) is 4.79 Å². The van der Waals surface area contributed by atoms with E-state index in [2.05, 4.69) is 4.74 Å². The molecule has 5 nitrogen and oxygen atoms in total. The second kappa shape index (κ2) is 4.77. The van der Waals surface area contributed by atoms with Crippen molar-refractivity contribution in [2.75, 3.05) is 12.8 Å². The van der Waals surface area contributed by atoms with E-state index >= 15 is 0 Å². The highest BCUT2D eigenvalue weighted by Gasteiger charge is 2.26. The lowest BCUT2D eigenvalue weighted by Crippen LogP contribution is -2.28. The highest BCUT2D eigenvalue weighted by molar-refractivity contribution is 5.75. The van der Waals surface area contributed by atoms with Crippen molar-refractivity contribution in [3.05, 3.63) is 29.8 Å². The molecule has 15 heavy (non-hydrogen) atoms. The van der Waals surface area contributed by atoms with Crippen LogP contribution in [0, 0.1) is 0 Å². The summed E-state index contributed by atoms with van der Waals surface area (Å²) in [7, 11) is 1.14. The van der Waals surface area contributed by atoms with Crippen molar-refractivity contribution >= 4 is 11.7 Å². The third-order valence-corrected chi connectivity index (χ3v) is 2.02. The van der Waals surface area contributed by atoms with Gasteiger partial charge in [0.1, 0.15) is 6.10 Å². The SMILES string of the molecule is COC(=O)C(O)C(O)c1ccc(N)cc1. The molecule has 1 rings (SSSR count). The lowest BCUT2D eigenvalue weighted by molar-refractivity contribution is -0.156. The van der Waals surface area contributed by atoms with Crippen LogP contribution in [0.3, 0.4) is 0 Å². The van der Waals surface area contributed by atoms with Gasteiger partial charge in [0.15, 0.2) is 6.10 Å². The van der Waals surface area contributed by atoms with Gasteiger partial charge in [-0.2, -0.15) is 0 Å². The molecule has 4 N–H and O–H groups in total. The minimum atomic E-state index is -1.58. The Labute approximate surface area is 87.1 Å². The Bertz CT molecular complexity index is 336. The van der Waals surface area contributed by atoms with Gasteiger partial charge >= 0.3 is 5.97 Å². The molecule has 0 fully saturated rings. The fraction of sp³-hybridized carbons (Fsp3) is 0.300. The van der Waals surface area contributed by atoms with Crippen LogP contribution in [0.4, 0.5) is 5.69 Å². The molecule has 2 unspecified atom stereocenters. The molecular formula is C10H13NO4. The van der Waals surface area contributed by atoms with E-state index in [1.54, 1.807) is 12.1 Å². The van der Waals surface area contributed by atoms with E-state index < -0.39 is 18.2 Å². The van der Waals surface area contributed by atoms with Gasteiger partial charge in [-0.05, 0) is 17.7 Å². The average Bonchev–Trinajstić information content (AvgIpc) is 2.27. The first-order valence-electron chi connectivity index (χ1n) is 4.35. The Balaban J connectivity index is 2.80. The van der Waals surface area contributed by atoms with Crippen LogP contribution in [0.25, 0.3) is 0 Å². The second-order valence-electron chi connectivity index (χ2n) is 3.08. The van der Waals surface area contributed by atoms with E-state index in [0.717, 1.165) is 7.11 Å². The van der Waals surface area contributed by atoms with E-state index in [4.69, 9.17) is 5.73 Å². The van der Waals surface area contributed by atoms with Gasteiger partial charge in [0.05, 0.1) is 7.11 Å². The van der Waals surface area contributed by atoms with E-state index in [1.807, 2.05) is 0 Å². The topological polar surface area (TPSA) is 92.8 Å². The highest BCUT2D eigenvalue weighted by atomic mass is 16.5. The predicted octanol–water partition coefficient (Wildman–Crippen LogP) is -0.164. The zero-order valence-electron chi connectivity index (χ0n) is 8.25. The van der Waals surface area contributed by atoms with Crippen molar-refractivity contribution in [2.45, 2.75) is 12.2 Å². The number of nitrogens with two attached hydrogens (primary N) is 1. The third-order valence-electron chi connectivity index (χ3n) is 2.02. The summed E-state index contributed by atoms with van der Waals surface area (Å²) in [6, 6.07) is 6.21. The van der Waals surface area contributed by atoms with Gasteiger partial charge in [0.25, 0.3) is 0 Å². The first kappa shape index (κ1) is 11.5. The van der Waals surface area contributed by atoms with Gasteiger partial charge in [0, 0.05) is 5.69 Å². The Morgan fingerprint density at radius 1 is 1.33 bits per heavy atom. The van der Waals surface area contributed by atoms with Crippen LogP contribution in [0.5, 0.6) is 0 Å². The number of hydrogen-bond donors (Lipinski definition) is 3. The van der Waals surface area contributed by atoms with Crippen molar-refractivity contribution in [3.8, 4) is 0 Å². The molecule has 1 aromatic rings. The van der Waals surface area contributed by atoms with Crippen molar-refractivity contribution < 1.29 is 19.7 Å². The van der Waals surface area contributed by atoms with E-state index in [-0.39, 0.29) is 0 Å². The molecule has 0 heterocycles. The number of carbonyl (C=O) groups is 1. The van der Waals surface area contributed by atoms with Gasteiger partial charge in [-0.3, -0.25) is 0 Å². The van der Waals surface area contributed by atoms with Crippen LogP contribution in [0.2, 0.25) is 0 Å². The fourth-order valence-electron chi connectivity index (χ4n) is 1.13. The molecule has 5 heteroatoms. The summed E-state index contributed by atoms with van der Waals surface area (Å²) in [4.78, 5) is 10.9. The molecule has 0 spiro atoms. The summed E-state index contributed by atoms with van der Waals surface area (Å²) in [5.74, 6) is -0.876. The molecule has 0 aliphatic carbocycles. The molecule has 0 saturated carbocycles. The zero-order chi connectivity index (χ0) is 11.4. The maximum absolute atomic E-state index is 10.9. The number of carbonyl (C=O) groups excluding carboxylic acids is 1. The molecule has 0 aliphatic rings. The van der Waals surface area contributed by atoms with Gasteiger partial charge in [0.2, 0.25) is 0 Å². The number of anilines is 1. The Hall–Kier alpha value is -1.59. The largest absolute Gasteiger partial charge is 0.467 e. The number of aliphatic hydroxyl groups is 2. The third kappa shape index (κ3) is 2.68. The molecule has 82 valence electrons. The first-order valence-corrected chi connectivity index (χ1v) is 4.35. The van der Waals surface area contributed by atoms with Crippen molar-refractivity contribution in [1.82, 2.24) is 0 Å². The lowest BCUT2D eigenvalue weighted by atomic mass is 10.0. The number of rotatable bonds is 3. The Morgan fingerprint density at radius 3 is 2.33 bits per heavy atom. The quantitative estimate of drug-likeness (QED) is 0.477. The predicted molar refractivity (Wildman–Crippen MR) is 53.8 cm³/mol. The van der Waals surface area contributed by atoms with Gasteiger partial charge in [-0.15, -0.1) is 0 Å². The summed E-state index contributed by atoms with van der Waals surface area (Å²) in [5.41, 5.74) is 6.40. The zero-order valence-corrected chi connectivity index (χ0v) is 8.25. The maximum Gasteiger partial charge on any atom is 0.337 e. The minimum Gasteiger partial charge on any atom is -0.467 e. The molecule has 0 bridgehead atoms. The number of benzene rings is 1. The van der Waals surface area contributed by atoms with Crippen molar-refractivity contribution in [2.24, 2.45) is 0 Å².